The minimum absolute atomic E-state index is 0.0190. The van der Waals surface area contributed by atoms with Gasteiger partial charge in [-0.05, 0) is 55.9 Å². The number of sulfonamides is 1. The Morgan fingerprint density at radius 3 is 2.62 bits per heavy atom. The van der Waals surface area contributed by atoms with Gasteiger partial charge in [-0.15, -0.1) is 10.2 Å². The maximum Gasteiger partial charge on any atom is 0.293 e. The molecule has 0 N–H and O–H groups in total. The highest BCUT2D eigenvalue weighted by Crippen LogP contribution is 2.36. The molecule has 0 aliphatic carbocycles. The molecule has 2 saturated heterocycles. The standard InChI is InChI=1S/C23H28N6O4S/c1-17-9-13-27(14-10-17)34(32,33)19-7-8-20(21(15-19)29(30)31)26-11-4-5-18(16-26)23-25-24-22-6-2-3-12-28(22)23/h2-3,6-8,12,15,17-18H,4-5,9-11,13-14,16H2,1H3/t18-/m0/s1. The lowest BCUT2D eigenvalue weighted by Crippen LogP contribution is -2.38. The Morgan fingerprint density at radius 2 is 1.85 bits per heavy atom. The van der Waals surface area contributed by atoms with Crippen molar-refractivity contribution in [2.75, 3.05) is 31.1 Å². The highest BCUT2D eigenvalue weighted by Gasteiger charge is 2.33. The molecule has 4 heterocycles. The van der Waals surface area contributed by atoms with Crippen molar-refractivity contribution in [1.82, 2.24) is 18.9 Å². The molecule has 2 fully saturated rings. The van der Waals surface area contributed by atoms with Gasteiger partial charge in [0.15, 0.2) is 5.65 Å². The SMILES string of the molecule is CC1CCN(S(=O)(=O)c2ccc(N3CCC[C@H](c4nnc5ccccn45)C3)c([N+](=O)[O-])c2)CC1. The molecule has 0 radical (unpaired) electrons. The van der Waals surface area contributed by atoms with E-state index >= 15 is 0 Å². The third-order valence-corrected chi connectivity index (χ3v) is 8.89. The quantitative estimate of drug-likeness (QED) is 0.402. The number of benzene rings is 1. The molecule has 5 rings (SSSR count). The number of anilines is 1. The Balaban J connectivity index is 1.43. The van der Waals surface area contributed by atoms with Gasteiger partial charge in [-0.25, -0.2) is 8.42 Å². The second kappa shape index (κ2) is 8.95. The van der Waals surface area contributed by atoms with E-state index in [0.717, 1.165) is 37.2 Å². The molecular formula is C23H28N6O4S. The van der Waals surface area contributed by atoms with Crippen molar-refractivity contribution in [3.8, 4) is 0 Å². The van der Waals surface area contributed by atoms with Gasteiger partial charge in [0, 0.05) is 44.4 Å². The van der Waals surface area contributed by atoms with Crippen LogP contribution in [-0.4, -0.2) is 58.4 Å². The molecule has 1 atom stereocenters. The molecule has 2 aliphatic heterocycles. The van der Waals surface area contributed by atoms with Crippen molar-refractivity contribution in [3.05, 3.63) is 58.5 Å². The van der Waals surface area contributed by atoms with Crippen molar-refractivity contribution in [1.29, 1.82) is 0 Å². The van der Waals surface area contributed by atoms with Crippen LogP contribution in [0.3, 0.4) is 0 Å². The molecular weight excluding hydrogens is 456 g/mol. The van der Waals surface area contributed by atoms with Crippen LogP contribution < -0.4 is 4.90 Å². The number of pyridine rings is 1. The smallest absolute Gasteiger partial charge is 0.293 e. The zero-order valence-electron chi connectivity index (χ0n) is 19.1. The summed E-state index contributed by atoms with van der Waals surface area (Å²) in [4.78, 5) is 13.5. The van der Waals surface area contributed by atoms with E-state index in [1.807, 2.05) is 33.7 Å². The number of aromatic nitrogens is 3. The molecule has 10 nitrogen and oxygen atoms in total. The van der Waals surface area contributed by atoms with Gasteiger partial charge in [-0.1, -0.05) is 13.0 Å². The molecule has 2 aliphatic rings. The summed E-state index contributed by atoms with van der Waals surface area (Å²) in [6, 6.07) is 10.0. The number of piperidine rings is 2. The number of nitro groups is 1. The lowest BCUT2D eigenvalue weighted by molar-refractivity contribution is -0.384. The van der Waals surface area contributed by atoms with Crippen LogP contribution in [0.5, 0.6) is 0 Å². The number of nitro benzene ring substituents is 1. The summed E-state index contributed by atoms with van der Waals surface area (Å²) >= 11 is 0. The molecule has 11 heteroatoms. The fourth-order valence-corrected chi connectivity index (χ4v) is 6.49. The summed E-state index contributed by atoms with van der Waals surface area (Å²) in [5.74, 6) is 1.38. The average Bonchev–Trinajstić information content (AvgIpc) is 3.28. The van der Waals surface area contributed by atoms with Crippen molar-refractivity contribution in [2.45, 2.75) is 43.4 Å². The van der Waals surface area contributed by atoms with E-state index in [0.29, 0.717) is 37.8 Å². The van der Waals surface area contributed by atoms with E-state index in [9.17, 15) is 18.5 Å². The number of hydrogen-bond acceptors (Lipinski definition) is 7. The lowest BCUT2D eigenvalue weighted by atomic mass is 9.96. The van der Waals surface area contributed by atoms with E-state index < -0.39 is 14.9 Å². The maximum absolute atomic E-state index is 13.2. The molecule has 2 aromatic heterocycles. The summed E-state index contributed by atoms with van der Waals surface area (Å²) in [6.07, 6.45) is 5.26. The molecule has 180 valence electrons. The molecule has 0 unspecified atom stereocenters. The normalized spacial score (nSPS) is 20.6. The topological polar surface area (TPSA) is 114 Å². The van der Waals surface area contributed by atoms with Crippen LogP contribution in [0.15, 0.2) is 47.5 Å². The van der Waals surface area contributed by atoms with Crippen molar-refractivity contribution < 1.29 is 13.3 Å². The molecule has 0 saturated carbocycles. The summed E-state index contributed by atoms with van der Waals surface area (Å²) in [6.45, 7) is 4.20. The molecule has 0 amide bonds. The van der Waals surface area contributed by atoms with Crippen LogP contribution in [0.25, 0.3) is 5.65 Å². The Bertz CT molecular complexity index is 1320. The zero-order chi connectivity index (χ0) is 23.9. The molecule has 34 heavy (non-hydrogen) atoms. The predicted molar refractivity (Wildman–Crippen MR) is 127 cm³/mol. The fraction of sp³-hybridized carbons (Fsp3) is 0.478. The van der Waals surface area contributed by atoms with Crippen molar-refractivity contribution in [3.63, 3.8) is 0 Å². The average molecular weight is 485 g/mol. The summed E-state index contributed by atoms with van der Waals surface area (Å²) in [5, 5.41) is 20.6. The van der Waals surface area contributed by atoms with Crippen LogP contribution >= 0.6 is 0 Å². The monoisotopic (exact) mass is 484 g/mol. The first kappa shape index (κ1) is 22.7. The molecule has 0 bridgehead atoms. The number of hydrogen-bond donors (Lipinski definition) is 0. The Morgan fingerprint density at radius 1 is 1.06 bits per heavy atom. The number of rotatable bonds is 5. The van der Waals surface area contributed by atoms with Crippen LogP contribution in [0.2, 0.25) is 0 Å². The lowest BCUT2D eigenvalue weighted by Gasteiger charge is -2.33. The van der Waals surface area contributed by atoms with Gasteiger partial charge in [0.2, 0.25) is 10.0 Å². The first-order chi connectivity index (χ1) is 16.3. The van der Waals surface area contributed by atoms with Gasteiger partial charge in [-0.3, -0.25) is 14.5 Å². The molecule has 1 aromatic carbocycles. The molecule has 0 spiro atoms. The zero-order valence-corrected chi connectivity index (χ0v) is 19.9. The summed E-state index contributed by atoms with van der Waals surface area (Å²) < 4.78 is 29.7. The van der Waals surface area contributed by atoms with Crippen LogP contribution in [0, 0.1) is 16.0 Å². The van der Waals surface area contributed by atoms with E-state index in [4.69, 9.17) is 0 Å². The van der Waals surface area contributed by atoms with Gasteiger partial charge in [0.05, 0.1) is 9.82 Å². The Kier molecular flexibility index (Phi) is 5.98. The highest BCUT2D eigenvalue weighted by atomic mass is 32.2. The second-order valence-electron chi connectivity index (χ2n) is 9.27. The first-order valence-corrected chi connectivity index (χ1v) is 13.1. The number of nitrogens with zero attached hydrogens (tertiary/aromatic N) is 6. The third-order valence-electron chi connectivity index (χ3n) is 6.99. The Hall–Kier alpha value is -3.05. The van der Waals surface area contributed by atoms with Gasteiger partial charge in [-0.2, -0.15) is 4.31 Å². The molecule has 3 aromatic rings. The van der Waals surface area contributed by atoms with Gasteiger partial charge >= 0.3 is 0 Å². The minimum Gasteiger partial charge on any atom is -0.365 e. The van der Waals surface area contributed by atoms with Crippen LogP contribution in [0.4, 0.5) is 11.4 Å². The van der Waals surface area contributed by atoms with Crippen molar-refractivity contribution in [2.24, 2.45) is 5.92 Å². The first-order valence-electron chi connectivity index (χ1n) is 11.7. The van der Waals surface area contributed by atoms with E-state index in [-0.39, 0.29) is 16.5 Å². The van der Waals surface area contributed by atoms with Crippen LogP contribution in [-0.2, 0) is 10.0 Å². The van der Waals surface area contributed by atoms with E-state index in [1.165, 1.54) is 16.4 Å². The summed E-state index contributed by atoms with van der Waals surface area (Å²) in [5.41, 5.74) is 1.02. The minimum atomic E-state index is -3.77. The second-order valence-corrected chi connectivity index (χ2v) is 11.2. The highest BCUT2D eigenvalue weighted by molar-refractivity contribution is 7.89. The number of fused-ring (bicyclic) bond motifs is 1. The van der Waals surface area contributed by atoms with E-state index in [1.54, 1.807) is 6.07 Å². The fourth-order valence-electron chi connectivity index (χ4n) is 5.00. The van der Waals surface area contributed by atoms with Gasteiger partial charge in [0.1, 0.15) is 11.5 Å². The van der Waals surface area contributed by atoms with Gasteiger partial charge < -0.3 is 4.90 Å². The van der Waals surface area contributed by atoms with Gasteiger partial charge in [0.25, 0.3) is 5.69 Å². The van der Waals surface area contributed by atoms with Crippen molar-refractivity contribution >= 4 is 27.0 Å². The third kappa shape index (κ3) is 4.14. The maximum atomic E-state index is 13.2. The largest absolute Gasteiger partial charge is 0.365 e. The van der Waals surface area contributed by atoms with E-state index in [2.05, 4.69) is 17.1 Å². The van der Waals surface area contributed by atoms with Crippen LogP contribution in [0.1, 0.15) is 44.3 Å². The predicted octanol–water partition coefficient (Wildman–Crippen LogP) is 3.44. The Labute approximate surface area is 198 Å². The summed E-state index contributed by atoms with van der Waals surface area (Å²) in [7, 11) is -3.77.